The number of rotatable bonds is 4. The quantitative estimate of drug-likeness (QED) is 0.615. The fourth-order valence-corrected chi connectivity index (χ4v) is 3.16. The molecule has 0 amide bonds. The van der Waals surface area contributed by atoms with E-state index in [0.717, 1.165) is 39.5 Å². The monoisotopic (exact) mass is 330 g/mol. The van der Waals surface area contributed by atoms with Gasteiger partial charge >= 0.3 is 0 Å². The van der Waals surface area contributed by atoms with Gasteiger partial charge in [0.15, 0.2) is 0 Å². The van der Waals surface area contributed by atoms with Gasteiger partial charge in [0.2, 0.25) is 0 Å². The zero-order valence-corrected chi connectivity index (χ0v) is 13.8. The standard InChI is InChI=1S/C18H16Cl2N2/c1-12(15-11-14(19)7-8-16(15)20)5-6-13-3-2-4-17-18(13)22-10-9-21-17/h2-4,7-12H,5-6H2,1H3. The Morgan fingerprint density at radius 3 is 2.73 bits per heavy atom. The van der Waals surface area contributed by atoms with E-state index in [1.165, 1.54) is 5.56 Å². The number of halogens is 2. The number of benzene rings is 2. The lowest BCUT2D eigenvalue weighted by Crippen LogP contribution is -1.99. The van der Waals surface area contributed by atoms with Crippen molar-refractivity contribution in [2.75, 3.05) is 0 Å². The SMILES string of the molecule is CC(CCc1cccc2nccnc12)c1cc(Cl)ccc1Cl. The van der Waals surface area contributed by atoms with Gasteiger partial charge in [0, 0.05) is 22.4 Å². The first-order valence-electron chi connectivity index (χ1n) is 7.28. The average Bonchev–Trinajstić information content (AvgIpc) is 2.54. The van der Waals surface area contributed by atoms with E-state index < -0.39 is 0 Å². The molecule has 0 fully saturated rings. The first kappa shape index (κ1) is 15.3. The van der Waals surface area contributed by atoms with Crippen LogP contribution in [0.3, 0.4) is 0 Å². The van der Waals surface area contributed by atoms with Crippen LogP contribution in [-0.2, 0) is 6.42 Å². The zero-order chi connectivity index (χ0) is 15.5. The summed E-state index contributed by atoms with van der Waals surface area (Å²) in [7, 11) is 0. The van der Waals surface area contributed by atoms with Crippen molar-refractivity contribution in [2.24, 2.45) is 0 Å². The second kappa shape index (κ2) is 6.64. The van der Waals surface area contributed by atoms with Gasteiger partial charge in [-0.15, -0.1) is 0 Å². The molecule has 0 aliphatic heterocycles. The Hall–Kier alpha value is -1.64. The fraction of sp³-hybridized carbons (Fsp3) is 0.222. The first-order chi connectivity index (χ1) is 10.6. The molecule has 3 rings (SSSR count). The summed E-state index contributed by atoms with van der Waals surface area (Å²) in [5, 5.41) is 1.50. The predicted octanol–water partition coefficient (Wildman–Crippen LogP) is 5.67. The van der Waals surface area contributed by atoms with Crippen LogP contribution in [0.15, 0.2) is 48.8 Å². The van der Waals surface area contributed by atoms with Gasteiger partial charge in [-0.3, -0.25) is 9.97 Å². The molecule has 2 aromatic carbocycles. The molecule has 0 radical (unpaired) electrons. The molecule has 0 saturated carbocycles. The molecule has 2 nitrogen and oxygen atoms in total. The molecule has 1 unspecified atom stereocenters. The highest BCUT2D eigenvalue weighted by Gasteiger charge is 2.12. The number of hydrogen-bond donors (Lipinski definition) is 0. The van der Waals surface area contributed by atoms with E-state index in [1.54, 1.807) is 12.4 Å². The molecule has 0 aliphatic carbocycles. The molecule has 3 aromatic rings. The number of aromatic nitrogens is 2. The third kappa shape index (κ3) is 3.23. The smallest absolute Gasteiger partial charge is 0.0918 e. The minimum absolute atomic E-state index is 0.332. The summed E-state index contributed by atoms with van der Waals surface area (Å²) in [6, 6.07) is 11.8. The van der Waals surface area contributed by atoms with Crippen LogP contribution in [-0.4, -0.2) is 9.97 Å². The van der Waals surface area contributed by atoms with Gasteiger partial charge in [0.05, 0.1) is 11.0 Å². The van der Waals surface area contributed by atoms with Crippen molar-refractivity contribution in [1.82, 2.24) is 9.97 Å². The van der Waals surface area contributed by atoms with Crippen molar-refractivity contribution >= 4 is 34.2 Å². The van der Waals surface area contributed by atoms with Crippen LogP contribution in [0.5, 0.6) is 0 Å². The van der Waals surface area contributed by atoms with E-state index in [9.17, 15) is 0 Å². The van der Waals surface area contributed by atoms with Crippen LogP contribution in [0.2, 0.25) is 10.0 Å². The fourth-order valence-electron chi connectivity index (χ4n) is 2.67. The molecule has 1 heterocycles. The summed E-state index contributed by atoms with van der Waals surface area (Å²) in [5.41, 5.74) is 4.24. The molecule has 0 saturated heterocycles. The van der Waals surface area contributed by atoms with Gasteiger partial charge in [-0.2, -0.15) is 0 Å². The van der Waals surface area contributed by atoms with Crippen LogP contribution in [0.25, 0.3) is 11.0 Å². The maximum atomic E-state index is 6.29. The number of fused-ring (bicyclic) bond motifs is 1. The molecule has 0 bridgehead atoms. The van der Waals surface area contributed by atoms with Crippen molar-refractivity contribution < 1.29 is 0 Å². The summed E-state index contributed by atoms with van der Waals surface area (Å²) in [6.45, 7) is 2.17. The second-order valence-corrected chi connectivity index (χ2v) is 6.29. The zero-order valence-electron chi connectivity index (χ0n) is 12.3. The maximum absolute atomic E-state index is 6.29. The molecule has 4 heteroatoms. The van der Waals surface area contributed by atoms with Gasteiger partial charge in [-0.1, -0.05) is 42.3 Å². The molecule has 22 heavy (non-hydrogen) atoms. The molecule has 0 spiro atoms. The predicted molar refractivity (Wildman–Crippen MR) is 92.7 cm³/mol. The van der Waals surface area contributed by atoms with Crippen molar-refractivity contribution in [1.29, 1.82) is 0 Å². The minimum Gasteiger partial charge on any atom is -0.253 e. The molecule has 0 aliphatic rings. The summed E-state index contributed by atoms with van der Waals surface area (Å²) in [5.74, 6) is 0.332. The van der Waals surface area contributed by atoms with E-state index in [1.807, 2.05) is 30.3 Å². The lowest BCUT2D eigenvalue weighted by atomic mass is 9.93. The van der Waals surface area contributed by atoms with E-state index in [0.29, 0.717) is 5.92 Å². The lowest BCUT2D eigenvalue weighted by molar-refractivity contribution is 0.681. The van der Waals surface area contributed by atoms with E-state index in [2.05, 4.69) is 23.0 Å². The molecule has 112 valence electrons. The molecule has 1 atom stereocenters. The highest BCUT2D eigenvalue weighted by Crippen LogP contribution is 2.30. The number of nitrogens with zero attached hydrogens (tertiary/aromatic N) is 2. The Labute approximate surface area is 140 Å². The largest absolute Gasteiger partial charge is 0.253 e. The molecular formula is C18H16Cl2N2. The van der Waals surface area contributed by atoms with Gasteiger partial charge in [0.1, 0.15) is 0 Å². The lowest BCUT2D eigenvalue weighted by Gasteiger charge is -2.14. The molecule has 1 aromatic heterocycles. The van der Waals surface area contributed by atoms with Gasteiger partial charge in [0.25, 0.3) is 0 Å². The number of para-hydroxylation sites is 1. The topological polar surface area (TPSA) is 25.8 Å². The minimum atomic E-state index is 0.332. The molecular weight excluding hydrogens is 315 g/mol. The number of hydrogen-bond acceptors (Lipinski definition) is 2. The van der Waals surface area contributed by atoms with E-state index in [-0.39, 0.29) is 0 Å². The third-order valence-corrected chi connectivity index (χ3v) is 4.50. The Morgan fingerprint density at radius 2 is 1.86 bits per heavy atom. The summed E-state index contributed by atoms with van der Waals surface area (Å²) < 4.78 is 0. The Morgan fingerprint density at radius 1 is 1.05 bits per heavy atom. The van der Waals surface area contributed by atoms with E-state index in [4.69, 9.17) is 23.2 Å². The third-order valence-electron chi connectivity index (χ3n) is 3.92. The maximum Gasteiger partial charge on any atom is 0.0918 e. The Balaban J connectivity index is 1.80. The van der Waals surface area contributed by atoms with Crippen LogP contribution >= 0.6 is 23.2 Å². The first-order valence-corrected chi connectivity index (χ1v) is 8.04. The Bertz CT molecular complexity index is 797. The highest BCUT2D eigenvalue weighted by atomic mass is 35.5. The van der Waals surface area contributed by atoms with Crippen LogP contribution in [0.1, 0.15) is 30.4 Å². The van der Waals surface area contributed by atoms with Crippen molar-refractivity contribution in [2.45, 2.75) is 25.7 Å². The average molecular weight is 331 g/mol. The van der Waals surface area contributed by atoms with Gasteiger partial charge in [-0.05, 0) is 54.2 Å². The van der Waals surface area contributed by atoms with Crippen molar-refractivity contribution in [3.8, 4) is 0 Å². The summed E-state index contributed by atoms with van der Waals surface area (Å²) in [4.78, 5) is 8.81. The highest BCUT2D eigenvalue weighted by molar-refractivity contribution is 6.33. The van der Waals surface area contributed by atoms with Crippen molar-refractivity contribution in [3.05, 3.63) is 70.0 Å². The van der Waals surface area contributed by atoms with Crippen LogP contribution < -0.4 is 0 Å². The van der Waals surface area contributed by atoms with Gasteiger partial charge < -0.3 is 0 Å². The van der Waals surface area contributed by atoms with Gasteiger partial charge in [-0.25, -0.2) is 0 Å². The van der Waals surface area contributed by atoms with Crippen LogP contribution in [0.4, 0.5) is 0 Å². The summed E-state index contributed by atoms with van der Waals surface area (Å²) >= 11 is 12.4. The summed E-state index contributed by atoms with van der Waals surface area (Å²) in [6.07, 6.45) is 5.37. The van der Waals surface area contributed by atoms with Crippen molar-refractivity contribution in [3.63, 3.8) is 0 Å². The number of aryl methyl sites for hydroxylation is 1. The Kier molecular flexibility index (Phi) is 4.60. The molecule has 0 N–H and O–H groups in total. The second-order valence-electron chi connectivity index (χ2n) is 5.45. The van der Waals surface area contributed by atoms with E-state index >= 15 is 0 Å². The van der Waals surface area contributed by atoms with Crippen LogP contribution in [0, 0.1) is 0 Å². The normalized spacial score (nSPS) is 12.5.